The van der Waals surface area contributed by atoms with E-state index in [1.165, 1.54) is 0 Å². The van der Waals surface area contributed by atoms with Gasteiger partial charge in [-0.15, -0.1) is 0 Å². The lowest BCUT2D eigenvalue weighted by Gasteiger charge is -1.98. The molecule has 5 heteroatoms. The smallest absolute Gasteiger partial charge is 0.160 e. The van der Waals surface area contributed by atoms with E-state index >= 15 is 0 Å². The fraction of sp³-hybridized carbons (Fsp3) is 0.200. The molecule has 4 nitrogen and oxygen atoms in total. The minimum Gasteiger partial charge on any atom is -0.399 e. The number of halogens is 1. The summed E-state index contributed by atoms with van der Waals surface area (Å²) in [6.45, 7) is 1.85. The van der Waals surface area contributed by atoms with Crippen molar-refractivity contribution in [2.75, 3.05) is 5.73 Å². The Morgan fingerprint density at radius 3 is 2.60 bits per heavy atom. The Labute approximate surface area is 122 Å². The van der Waals surface area contributed by atoms with E-state index in [2.05, 4.69) is 5.10 Å². The number of nitrogens with two attached hydrogens (primary N) is 1. The van der Waals surface area contributed by atoms with Gasteiger partial charge in [0.25, 0.3) is 0 Å². The van der Waals surface area contributed by atoms with Crippen LogP contribution in [0, 0.1) is 6.92 Å². The summed E-state index contributed by atoms with van der Waals surface area (Å²) in [7, 11) is 1.76. The number of ketones is 1. The van der Waals surface area contributed by atoms with Gasteiger partial charge in [0.15, 0.2) is 5.78 Å². The van der Waals surface area contributed by atoms with Crippen LogP contribution in [0.15, 0.2) is 30.3 Å². The van der Waals surface area contributed by atoms with Gasteiger partial charge in [-0.05, 0) is 30.7 Å². The number of nitrogen functional groups attached to an aromatic ring is 1. The molecule has 0 bridgehead atoms. The van der Waals surface area contributed by atoms with E-state index in [-0.39, 0.29) is 12.2 Å². The van der Waals surface area contributed by atoms with Gasteiger partial charge >= 0.3 is 0 Å². The molecule has 1 heterocycles. The van der Waals surface area contributed by atoms with E-state index in [1.54, 1.807) is 36.0 Å². The van der Waals surface area contributed by atoms with Crippen LogP contribution in [0.5, 0.6) is 0 Å². The number of hydrogen-bond acceptors (Lipinski definition) is 3. The molecule has 104 valence electrons. The SMILES string of the molecule is Cc1nn(C)c(Cl)c1CC(=O)/C=C/c1ccc(N)cc1. The predicted molar refractivity (Wildman–Crippen MR) is 81.6 cm³/mol. The zero-order valence-electron chi connectivity index (χ0n) is 11.4. The van der Waals surface area contributed by atoms with Crippen LogP contribution < -0.4 is 5.73 Å². The summed E-state index contributed by atoms with van der Waals surface area (Å²) >= 11 is 6.10. The Morgan fingerprint density at radius 1 is 1.40 bits per heavy atom. The third-order valence-corrected chi connectivity index (χ3v) is 3.49. The molecule has 0 spiro atoms. The van der Waals surface area contributed by atoms with Crippen LogP contribution >= 0.6 is 11.6 Å². The van der Waals surface area contributed by atoms with Crippen LogP contribution in [-0.4, -0.2) is 15.6 Å². The van der Waals surface area contributed by atoms with Gasteiger partial charge in [-0.2, -0.15) is 5.10 Å². The molecule has 0 saturated heterocycles. The van der Waals surface area contributed by atoms with E-state index in [0.29, 0.717) is 10.8 Å². The van der Waals surface area contributed by atoms with E-state index in [9.17, 15) is 4.79 Å². The Hall–Kier alpha value is -2.07. The second-order valence-corrected chi connectivity index (χ2v) is 4.98. The van der Waals surface area contributed by atoms with Crippen molar-refractivity contribution in [1.82, 2.24) is 9.78 Å². The second kappa shape index (κ2) is 5.92. The third kappa shape index (κ3) is 3.27. The summed E-state index contributed by atoms with van der Waals surface area (Å²) in [4.78, 5) is 12.0. The molecular formula is C15H16ClN3O. The van der Waals surface area contributed by atoms with Crippen molar-refractivity contribution >= 4 is 29.1 Å². The molecule has 0 aliphatic heterocycles. The molecular weight excluding hydrogens is 274 g/mol. The van der Waals surface area contributed by atoms with Crippen LogP contribution in [0.1, 0.15) is 16.8 Å². The van der Waals surface area contributed by atoms with Gasteiger partial charge in [-0.1, -0.05) is 29.8 Å². The van der Waals surface area contributed by atoms with Gasteiger partial charge in [0.1, 0.15) is 5.15 Å². The second-order valence-electron chi connectivity index (χ2n) is 4.62. The first kappa shape index (κ1) is 14.3. The summed E-state index contributed by atoms with van der Waals surface area (Å²) in [6, 6.07) is 7.32. The number of allylic oxidation sites excluding steroid dienone is 1. The first-order chi connectivity index (χ1) is 9.47. The minimum atomic E-state index is -0.0141. The highest BCUT2D eigenvalue weighted by Crippen LogP contribution is 2.19. The third-order valence-electron chi connectivity index (χ3n) is 3.02. The summed E-state index contributed by atoms with van der Waals surface area (Å²) in [5.41, 5.74) is 8.80. The van der Waals surface area contributed by atoms with Crippen molar-refractivity contribution < 1.29 is 4.79 Å². The standard InChI is InChI=1S/C15H16ClN3O/c1-10-14(15(16)19(2)18-10)9-13(20)8-5-11-3-6-12(17)7-4-11/h3-8H,9,17H2,1-2H3/b8-5+. The fourth-order valence-electron chi connectivity index (χ4n) is 1.90. The van der Waals surface area contributed by atoms with Crippen molar-refractivity contribution in [3.05, 3.63) is 52.3 Å². The normalized spacial score (nSPS) is 11.2. The molecule has 2 N–H and O–H groups in total. The van der Waals surface area contributed by atoms with Crippen LogP contribution in [0.4, 0.5) is 5.69 Å². The quantitative estimate of drug-likeness (QED) is 0.695. The van der Waals surface area contributed by atoms with Crippen molar-refractivity contribution in [3.63, 3.8) is 0 Å². The first-order valence-electron chi connectivity index (χ1n) is 6.22. The van der Waals surface area contributed by atoms with Gasteiger partial charge in [-0.3, -0.25) is 9.48 Å². The molecule has 0 fully saturated rings. The van der Waals surface area contributed by atoms with E-state index in [4.69, 9.17) is 17.3 Å². The minimum absolute atomic E-state index is 0.0141. The van der Waals surface area contributed by atoms with Gasteiger partial charge in [0, 0.05) is 24.7 Å². The van der Waals surface area contributed by atoms with Crippen molar-refractivity contribution in [2.24, 2.45) is 7.05 Å². The number of aryl methyl sites for hydroxylation is 2. The van der Waals surface area contributed by atoms with Crippen molar-refractivity contribution in [2.45, 2.75) is 13.3 Å². The van der Waals surface area contributed by atoms with Crippen molar-refractivity contribution in [3.8, 4) is 0 Å². The molecule has 0 aliphatic carbocycles. The Kier molecular flexibility index (Phi) is 4.25. The Balaban J connectivity index is 2.07. The number of rotatable bonds is 4. The van der Waals surface area contributed by atoms with Gasteiger partial charge in [0.2, 0.25) is 0 Å². The molecule has 1 aromatic heterocycles. The first-order valence-corrected chi connectivity index (χ1v) is 6.59. The summed E-state index contributed by atoms with van der Waals surface area (Å²) < 4.78 is 1.57. The number of carbonyl (C=O) groups excluding carboxylic acids is 1. The highest BCUT2D eigenvalue weighted by atomic mass is 35.5. The van der Waals surface area contributed by atoms with Crippen molar-refractivity contribution in [1.29, 1.82) is 0 Å². The molecule has 0 radical (unpaired) electrons. The fourth-order valence-corrected chi connectivity index (χ4v) is 2.15. The lowest BCUT2D eigenvalue weighted by Crippen LogP contribution is -2.00. The van der Waals surface area contributed by atoms with E-state index in [0.717, 1.165) is 16.8 Å². The average Bonchev–Trinajstić information content (AvgIpc) is 2.65. The van der Waals surface area contributed by atoms with Gasteiger partial charge in [0.05, 0.1) is 5.69 Å². The average molecular weight is 290 g/mol. The number of benzene rings is 1. The molecule has 20 heavy (non-hydrogen) atoms. The molecule has 0 aliphatic rings. The van der Waals surface area contributed by atoms with Crippen LogP contribution in [0.2, 0.25) is 5.15 Å². The zero-order chi connectivity index (χ0) is 14.7. The lowest BCUT2D eigenvalue weighted by atomic mass is 10.1. The van der Waals surface area contributed by atoms with Gasteiger partial charge in [-0.25, -0.2) is 0 Å². The maximum Gasteiger partial charge on any atom is 0.160 e. The Morgan fingerprint density at radius 2 is 2.05 bits per heavy atom. The maximum atomic E-state index is 12.0. The van der Waals surface area contributed by atoms with Crippen LogP contribution in [0.3, 0.4) is 0 Å². The number of anilines is 1. The molecule has 0 unspecified atom stereocenters. The van der Waals surface area contributed by atoms with Crippen LogP contribution in [-0.2, 0) is 18.3 Å². The highest BCUT2D eigenvalue weighted by molar-refractivity contribution is 6.30. The highest BCUT2D eigenvalue weighted by Gasteiger charge is 2.13. The number of hydrogen-bond donors (Lipinski definition) is 1. The summed E-state index contributed by atoms with van der Waals surface area (Å²) in [5.74, 6) is -0.0141. The maximum absolute atomic E-state index is 12.0. The molecule has 2 rings (SSSR count). The monoisotopic (exact) mass is 289 g/mol. The summed E-state index contributed by atoms with van der Waals surface area (Å²) in [5, 5.41) is 4.70. The number of nitrogens with zero attached hydrogens (tertiary/aromatic N) is 2. The zero-order valence-corrected chi connectivity index (χ0v) is 12.2. The number of carbonyl (C=O) groups is 1. The largest absolute Gasteiger partial charge is 0.399 e. The Bertz CT molecular complexity index is 657. The van der Waals surface area contributed by atoms with E-state index < -0.39 is 0 Å². The van der Waals surface area contributed by atoms with Crippen LogP contribution in [0.25, 0.3) is 6.08 Å². The topological polar surface area (TPSA) is 60.9 Å². The molecule has 2 aromatic rings. The number of aromatic nitrogens is 2. The molecule has 0 saturated carbocycles. The van der Waals surface area contributed by atoms with Gasteiger partial charge < -0.3 is 5.73 Å². The summed E-state index contributed by atoms with van der Waals surface area (Å²) in [6.07, 6.45) is 3.57. The molecule has 0 atom stereocenters. The predicted octanol–water partition coefficient (Wildman–Crippen LogP) is 2.79. The molecule has 1 aromatic carbocycles. The lowest BCUT2D eigenvalue weighted by molar-refractivity contribution is -0.113. The molecule has 0 amide bonds. The van der Waals surface area contributed by atoms with E-state index in [1.807, 2.05) is 19.1 Å².